The van der Waals surface area contributed by atoms with E-state index in [1.54, 1.807) is 26.0 Å². The Morgan fingerprint density at radius 1 is 1.54 bits per heavy atom. The Labute approximate surface area is 78.6 Å². The molecule has 1 N–H and O–H groups in total. The van der Waals surface area contributed by atoms with Crippen LogP contribution in [0.4, 0.5) is 4.79 Å². The van der Waals surface area contributed by atoms with Crippen LogP contribution in [0.3, 0.4) is 0 Å². The molecule has 1 unspecified atom stereocenters. The lowest BCUT2D eigenvalue weighted by Gasteiger charge is -2.27. The van der Waals surface area contributed by atoms with Crippen LogP contribution in [0.15, 0.2) is 0 Å². The molecule has 0 aromatic rings. The molecule has 5 nitrogen and oxygen atoms in total. The second-order valence-electron chi connectivity index (χ2n) is 3.19. The normalized spacial score (nSPS) is 21.6. The Morgan fingerprint density at radius 3 is 2.69 bits per heavy atom. The Kier molecular flexibility index (Phi) is 3.50. The summed E-state index contributed by atoms with van der Waals surface area (Å²) in [7, 11) is 5.22. The summed E-state index contributed by atoms with van der Waals surface area (Å²) in [6.45, 7) is 1.41. The van der Waals surface area contributed by atoms with Crippen molar-refractivity contribution in [3.8, 4) is 0 Å². The molecule has 0 aliphatic carbocycles. The molecule has 1 heterocycles. The zero-order chi connectivity index (χ0) is 9.84. The highest BCUT2D eigenvalue weighted by Crippen LogP contribution is 2.11. The number of rotatable bonds is 2. The van der Waals surface area contributed by atoms with Gasteiger partial charge in [-0.05, 0) is 6.42 Å². The number of nitrogens with one attached hydrogen (secondary N) is 1. The van der Waals surface area contributed by atoms with Gasteiger partial charge in [0.05, 0.1) is 12.6 Å². The van der Waals surface area contributed by atoms with E-state index >= 15 is 0 Å². The van der Waals surface area contributed by atoms with Gasteiger partial charge in [-0.3, -0.25) is 5.01 Å². The van der Waals surface area contributed by atoms with Crippen molar-refractivity contribution in [3.63, 3.8) is 0 Å². The molecule has 0 radical (unpaired) electrons. The van der Waals surface area contributed by atoms with Crippen LogP contribution in [-0.4, -0.2) is 56.3 Å². The van der Waals surface area contributed by atoms with Crippen molar-refractivity contribution in [1.29, 1.82) is 0 Å². The predicted molar refractivity (Wildman–Crippen MR) is 49.2 cm³/mol. The average Bonchev–Trinajstić information content (AvgIpc) is 2.67. The van der Waals surface area contributed by atoms with Gasteiger partial charge in [0.2, 0.25) is 0 Å². The number of likely N-dealkylation sites (N-methyl/N-ethyl adjacent to an activating group) is 1. The molecule has 13 heavy (non-hydrogen) atoms. The fourth-order valence-electron chi connectivity index (χ4n) is 1.32. The summed E-state index contributed by atoms with van der Waals surface area (Å²) in [5.74, 6) is 0. The van der Waals surface area contributed by atoms with Crippen LogP contribution in [0.2, 0.25) is 0 Å². The monoisotopic (exact) mass is 187 g/mol. The Bertz CT molecular complexity index is 180. The molecule has 1 aliphatic rings. The number of hydrogen-bond acceptors (Lipinski definition) is 3. The minimum atomic E-state index is -0.0296. The standard InChI is InChI=1S/C8H17N3O2/c1-9-11(3)8(12)10(2)7-4-5-13-6-7/h7,9H,4-6H2,1-3H3. The SMILES string of the molecule is CNN(C)C(=O)N(C)C1CCOC1. The highest BCUT2D eigenvalue weighted by atomic mass is 16.5. The first kappa shape index (κ1) is 10.3. The molecule has 0 aromatic heterocycles. The number of hydrogen-bond donors (Lipinski definition) is 1. The Morgan fingerprint density at radius 2 is 2.23 bits per heavy atom. The first-order chi connectivity index (χ1) is 6.16. The topological polar surface area (TPSA) is 44.8 Å². The van der Waals surface area contributed by atoms with E-state index in [1.165, 1.54) is 5.01 Å². The molecule has 2 amide bonds. The van der Waals surface area contributed by atoms with Gasteiger partial charge in [-0.25, -0.2) is 10.2 Å². The molecule has 0 spiro atoms. The summed E-state index contributed by atoms with van der Waals surface area (Å²) in [6.07, 6.45) is 0.930. The van der Waals surface area contributed by atoms with Gasteiger partial charge in [0.25, 0.3) is 0 Å². The van der Waals surface area contributed by atoms with E-state index in [9.17, 15) is 4.79 Å². The van der Waals surface area contributed by atoms with Gasteiger partial charge in [-0.1, -0.05) is 0 Å². The molecule has 0 aromatic carbocycles. The lowest BCUT2D eigenvalue weighted by molar-refractivity contribution is 0.129. The molecular weight excluding hydrogens is 170 g/mol. The minimum Gasteiger partial charge on any atom is -0.379 e. The smallest absolute Gasteiger partial charge is 0.334 e. The molecule has 1 aliphatic heterocycles. The summed E-state index contributed by atoms with van der Waals surface area (Å²) in [6, 6.07) is 0.196. The molecule has 1 rings (SSSR count). The maximum absolute atomic E-state index is 11.6. The highest BCUT2D eigenvalue weighted by Gasteiger charge is 2.25. The number of carbonyl (C=O) groups excluding carboxylic acids is 1. The summed E-state index contributed by atoms with van der Waals surface area (Å²) >= 11 is 0. The van der Waals surface area contributed by atoms with Crippen LogP contribution in [0, 0.1) is 0 Å². The fraction of sp³-hybridized carbons (Fsp3) is 0.875. The quantitative estimate of drug-likeness (QED) is 0.614. The van der Waals surface area contributed by atoms with Crippen LogP contribution in [0.1, 0.15) is 6.42 Å². The van der Waals surface area contributed by atoms with Gasteiger partial charge >= 0.3 is 6.03 Å². The van der Waals surface area contributed by atoms with Crippen molar-refractivity contribution in [2.45, 2.75) is 12.5 Å². The molecule has 1 fully saturated rings. The van der Waals surface area contributed by atoms with E-state index in [-0.39, 0.29) is 12.1 Å². The van der Waals surface area contributed by atoms with E-state index in [2.05, 4.69) is 5.43 Å². The molecular formula is C8H17N3O2. The summed E-state index contributed by atoms with van der Waals surface area (Å²) < 4.78 is 5.21. The van der Waals surface area contributed by atoms with Gasteiger partial charge in [0, 0.05) is 27.7 Å². The van der Waals surface area contributed by atoms with E-state index in [0.29, 0.717) is 6.61 Å². The van der Waals surface area contributed by atoms with E-state index in [4.69, 9.17) is 4.74 Å². The summed E-state index contributed by atoms with van der Waals surface area (Å²) in [5.41, 5.74) is 2.77. The van der Waals surface area contributed by atoms with E-state index < -0.39 is 0 Å². The Balaban J connectivity index is 2.45. The van der Waals surface area contributed by atoms with Gasteiger partial charge in [-0.2, -0.15) is 0 Å². The number of nitrogens with zero attached hydrogens (tertiary/aromatic N) is 2. The van der Waals surface area contributed by atoms with Gasteiger partial charge in [0.15, 0.2) is 0 Å². The minimum absolute atomic E-state index is 0.0296. The lowest BCUT2D eigenvalue weighted by atomic mass is 10.2. The van der Waals surface area contributed by atoms with Crippen molar-refractivity contribution in [2.75, 3.05) is 34.4 Å². The third kappa shape index (κ3) is 2.32. The highest BCUT2D eigenvalue weighted by molar-refractivity contribution is 5.73. The van der Waals surface area contributed by atoms with Crippen molar-refractivity contribution >= 4 is 6.03 Å². The zero-order valence-corrected chi connectivity index (χ0v) is 8.41. The molecule has 76 valence electrons. The molecule has 0 saturated carbocycles. The Hall–Kier alpha value is -0.810. The van der Waals surface area contributed by atoms with Crippen LogP contribution < -0.4 is 5.43 Å². The first-order valence-electron chi connectivity index (χ1n) is 4.42. The van der Waals surface area contributed by atoms with Crippen LogP contribution in [-0.2, 0) is 4.74 Å². The fourth-order valence-corrected chi connectivity index (χ4v) is 1.32. The first-order valence-corrected chi connectivity index (χ1v) is 4.42. The van der Waals surface area contributed by atoms with Gasteiger partial charge in [-0.15, -0.1) is 0 Å². The summed E-state index contributed by atoms with van der Waals surface area (Å²) in [4.78, 5) is 13.3. The second-order valence-corrected chi connectivity index (χ2v) is 3.19. The van der Waals surface area contributed by atoms with Crippen LogP contribution in [0.5, 0.6) is 0 Å². The molecule has 0 bridgehead atoms. The van der Waals surface area contributed by atoms with E-state index in [1.807, 2.05) is 0 Å². The number of urea groups is 1. The number of hydrazine groups is 1. The number of carbonyl (C=O) groups is 1. The largest absolute Gasteiger partial charge is 0.379 e. The zero-order valence-electron chi connectivity index (χ0n) is 8.41. The van der Waals surface area contributed by atoms with Crippen molar-refractivity contribution in [2.24, 2.45) is 0 Å². The maximum Gasteiger partial charge on any atom is 0.334 e. The molecule has 1 saturated heterocycles. The van der Waals surface area contributed by atoms with Crippen molar-refractivity contribution in [1.82, 2.24) is 15.3 Å². The van der Waals surface area contributed by atoms with Crippen molar-refractivity contribution in [3.05, 3.63) is 0 Å². The van der Waals surface area contributed by atoms with Gasteiger partial charge in [0.1, 0.15) is 0 Å². The van der Waals surface area contributed by atoms with Crippen LogP contribution in [0.25, 0.3) is 0 Å². The lowest BCUT2D eigenvalue weighted by Crippen LogP contribution is -2.48. The molecule has 5 heteroatoms. The maximum atomic E-state index is 11.6. The number of ether oxygens (including phenoxy) is 1. The number of amides is 2. The second kappa shape index (κ2) is 4.43. The van der Waals surface area contributed by atoms with Gasteiger partial charge < -0.3 is 9.64 Å². The third-order valence-corrected chi connectivity index (χ3v) is 2.38. The predicted octanol–water partition coefficient (Wildman–Crippen LogP) is -0.107. The molecule has 1 atom stereocenters. The van der Waals surface area contributed by atoms with Crippen molar-refractivity contribution < 1.29 is 9.53 Å². The average molecular weight is 187 g/mol. The third-order valence-electron chi connectivity index (χ3n) is 2.38. The van der Waals surface area contributed by atoms with E-state index in [0.717, 1.165) is 13.0 Å². The summed E-state index contributed by atoms with van der Waals surface area (Å²) in [5, 5.41) is 1.46. The van der Waals surface area contributed by atoms with Crippen LogP contribution >= 0.6 is 0 Å².